The normalized spacial score (nSPS) is 10.8. The first-order valence-electron chi connectivity index (χ1n) is 5.37. The standard InChI is InChI=1S/C11H12Cl2N4S/c1-2-18-11-16-15-10(14)17(11)6-7-3-4-8(12)5-9(7)13/h3-5H,2,6H2,1H3,(H2,14,15). The molecule has 96 valence electrons. The first-order valence-corrected chi connectivity index (χ1v) is 7.11. The monoisotopic (exact) mass is 302 g/mol. The Bertz CT molecular complexity index is 556. The molecule has 0 saturated carbocycles. The molecule has 2 rings (SSSR count). The summed E-state index contributed by atoms with van der Waals surface area (Å²) in [7, 11) is 0. The molecule has 0 aliphatic heterocycles. The van der Waals surface area contributed by atoms with Crippen molar-refractivity contribution >= 4 is 40.9 Å². The minimum Gasteiger partial charge on any atom is -0.368 e. The van der Waals surface area contributed by atoms with Crippen LogP contribution in [0, 0.1) is 0 Å². The molecule has 18 heavy (non-hydrogen) atoms. The number of nitrogens with zero attached hydrogens (tertiary/aromatic N) is 3. The summed E-state index contributed by atoms with van der Waals surface area (Å²) in [5, 5.41) is 9.93. The Balaban J connectivity index is 2.30. The maximum atomic E-state index is 6.14. The Morgan fingerprint density at radius 2 is 2.11 bits per heavy atom. The van der Waals surface area contributed by atoms with E-state index < -0.39 is 0 Å². The van der Waals surface area contributed by atoms with Crippen LogP contribution in [0.3, 0.4) is 0 Å². The smallest absolute Gasteiger partial charge is 0.223 e. The van der Waals surface area contributed by atoms with Gasteiger partial charge in [-0.3, -0.25) is 4.57 Å². The Hall–Kier alpha value is -0.910. The lowest BCUT2D eigenvalue weighted by molar-refractivity contribution is 0.717. The van der Waals surface area contributed by atoms with Crippen molar-refractivity contribution in [1.82, 2.24) is 14.8 Å². The van der Waals surface area contributed by atoms with Crippen LogP contribution in [-0.4, -0.2) is 20.5 Å². The Morgan fingerprint density at radius 3 is 2.78 bits per heavy atom. The van der Waals surface area contributed by atoms with E-state index in [0.29, 0.717) is 22.5 Å². The Labute approximate surface area is 119 Å². The molecule has 0 unspecified atom stereocenters. The van der Waals surface area contributed by atoms with Crippen LogP contribution < -0.4 is 5.73 Å². The summed E-state index contributed by atoms with van der Waals surface area (Å²) in [6.45, 7) is 2.59. The predicted molar refractivity (Wildman–Crippen MR) is 76.4 cm³/mol. The number of hydrogen-bond donors (Lipinski definition) is 1. The number of rotatable bonds is 4. The van der Waals surface area contributed by atoms with Crippen LogP contribution in [0.25, 0.3) is 0 Å². The maximum absolute atomic E-state index is 6.14. The largest absolute Gasteiger partial charge is 0.368 e. The van der Waals surface area contributed by atoms with E-state index in [0.717, 1.165) is 16.5 Å². The quantitative estimate of drug-likeness (QED) is 0.880. The zero-order valence-corrected chi connectivity index (χ0v) is 12.1. The van der Waals surface area contributed by atoms with Crippen LogP contribution in [-0.2, 0) is 6.54 Å². The van der Waals surface area contributed by atoms with Crippen molar-refractivity contribution in [2.24, 2.45) is 0 Å². The summed E-state index contributed by atoms with van der Waals surface area (Å²) in [5.74, 6) is 1.30. The van der Waals surface area contributed by atoms with Gasteiger partial charge in [0.05, 0.1) is 6.54 Å². The first-order chi connectivity index (χ1) is 8.61. The van der Waals surface area contributed by atoms with Crippen LogP contribution >= 0.6 is 35.0 Å². The average molecular weight is 303 g/mol. The van der Waals surface area contributed by atoms with E-state index in [9.17, 15) is 0 Å². The van der Waals surface area contributed by atoms with Gasteiger partial charge in [-0.2, -0.15) is 0 Å². The third-order valence-electron chi connectivity index (χ3n) is 2.36. The summed E-state index contributed by atoms with van der Waals surface area (Å²) >= 11 is 13.6. The van der Waals surface area contributed by atoms with Crippen LogP contribution in [0.5, 0.6) is 0 Å². The molecule has 7 heteroatoms. The minimum atomic E-state index is 0.386. The van der Waals surface area contributed by atoms with Gasteiger partial charge in [-0.05, 0) is 23.4 Å². The van der Waals surface area contributed by atoms with E-state index in [-0.39, 0.29) is 0 Å². The third kappa shape index (κ3) is 2.91. The molecule has 0 spiro atoms. The molecule has 0 atom stereocenters. The molecule has 1 aromatic heterocycles. The van der Waals surface area contributed by atoms with Gasteiger partial charge in [0.15, 0.2) is 5.16 Å². The van der Waals surface area contributed by atoms with Gasteiger partial charge >= 0.3 is 0 Å². The van der Waals surface area contributed by atoms with Crippen molar-refractivity contribution in [3.63, 3.8) is 0 Å². The van der Waals surface area contributed by atoms with Gasteiger partial charge in [-0.15, -0.1) is 10.2 Å². The molecule has 0 aliphatic carbocycles. The highest BCUT2D eigenvalue weighted by molar-refractivity contribution is 7.99. The summed E-state index contributed by atoms with van der Waals surface area (Å²) in [6.07, 6.45) is 0. The van der Waals surface area contributed by atoms with Gasteiger partial charge in [0.1, 0.15) is 0 Å². The molecular weight excluding hydrogens is 291 g/mol. The molecule has 0 fully saturated rings. The molecular formula is C11H12Cl2N4S. The summed E-state index contributed by atoms with van der Waals surface area (Å²) in [5.41, 5.74) is 6.74. The summed E-state index contributed by atoms with van der Waals surface area (Å²) < 4.78 is 1.84. The molecule has 1 heterocycles. The molecule has 4 nitrogen and oxygen atoms in total. The lowest BCUT2D eigenvalue weighted by Crippen LogP contribution is -2.06. The molecule has 2 aromatic rings. The molecule has 0 saturated heterocycles. The van der Waals surface area contributed by atoms with E-state index in [4.69, 9.17) is 28.9 Å². The average Bonchev–Trinajstić information content (AvgIpc) is 2.65. The van der Waals surface area contributed by atoms with Crippen molar-refractivity contribution < 1.29 is 0 Å². The minimum absolute atomic E-state index is 0.386. The number of halogens is 2. The first kappa shape index (κ1) is 13.5. The number of thioether (sulfide) groups is 1. The molecule has 2 N–H and O–H groups in total. The molecule has 0 amide bonds. The van der Waals surface area contributed by atoms with E-state index in [1.807, 2.05) is 10.6 Å². The van der Waals surface area contributed by atoms with Gasteiger partial charge < -0.3 is 5.73 Å². The zero-order valence-electron chi connectivity index (χ0n) is 9.73. The lowest BCUT2D eigenvalue weighted by Gasteiger charge is -2.09. The molecule has 0 radical (unpaired) electrons. The van der Waals surface area contributed by atoms with Crippen molar-refractivity contribution in [2.75, 3.05) is 11.5 Å². The number of benzene rings is 1. The Morgan fingerprint density at radius 1 is 1.33 bits per heavy atom. The summed E-state index contributed by atoms with van der Waals surface area (Å²) in [4.78, 5) is 0. The van der Waals surface area contributed by atoms with Gasteiger partial charge in [-0.25, -0.2) is 0 Å². The predicted octanol–water partition coefficient (Wildman–Crippen LogP) is 3.33. The fraction of sp³-hybridized carbons (Fsp3) is 0.273. The van der Waals surface area contributed by atoms with Crippen LogP contribution in [0.4, 0.5) is 5.95 Å². The van der Waals surface area contributed by atoms with Crippen molar-refractivity contribution in [1.29, 1.82) is 0 Å². The van der Waals surface area contributed by atoms with Gasteiger partial charge in [-0.1, -0.05) is 48.0 Å². The maximum Gasteiger partial charge on any atom is 0.223 e. The second-order valence-corrected chi connectivity index (χ2v) is 5.67. The molecule has 0 bridgehead atoms. The fourth-order valence-electron chi connectivity index (χ4n) is 1.50. The SMILES string of the molecule is CCSc1nnc(N)n1Cc1ccc(Cl)cc1Cl. The van der Waals surface area contributed by atoms with Crippen molar-refractivity contribution in [2.45, 2.75) is 18.6 Å². The number of aromatic nitrogens is 3. The van der Waals surface area contributed by atoms with Gasteiger partial charge in [0.2, 0.25) is 5.95 Å². The van der Waals surface area contributed by atoms with Crippen LogP contribution in [0.1, 0.15) is 12.5 Å². The van der Waals surface area contributed by atoms with Crippen LogP contribution in [0.15, 0.2) is 23.4 Å². The van der Waals surface area contributed by atoms with Gasteiger partial charge in [0.25, 0.3) is 0 Å². The molecule has 1 aromatic carbocycles. The molecule has 0 aliphatic rings. The highest BCUT2D eigenvalue weighted by Gasteiger charge is 2.11. The number of nitrogen functional groups attached to an aromatic ring is 1. The van der Waals surface area contributed by atoms with Crippen molar-refractivity contribution in [3.8, 4) is 0 Å². The highest BCUT2D eigenvalue weighted by Crippen LogP contribution is 2.25. The second-order valence-electron chi connectivity index (χ2n) is 3.60. The third-order valence-corrected chi connectivity index (χ3v) is 3.80. The number of nitrogens with two attached hydrogens (primary N) is 1. The highest BCUT2D eigenvalue weighted by atomic mass is 35.5. The van der Waals surface area contributed by atoms with Gasteiger partial charge in [0, 0.05) is 10.0 Å². The topological polar surface area (TPSA) is 56.7 Å². The van der Waals surface area contributed by atoms with E-state index in [1.54, 1.807) is 23.9 Å². The van der Waals surface area contributed by atoms with Crippen LogP contribution in [0.2, 0.25) is 10.0 Å². The summed E-state index contributed by atoms with van der Waals surface area (Å²) in [6, 6.07) is 5.39. The fourth-order valence-corrected chi connectivity index (χ4v) is 2.64. The second kappa shape index (κ2) is 5.82. The number of anilines is 1. The number of hydrogen-bond acceptors (Lipinski definition) is 4. The van der Waals surface area contributed by atoms with Crippen molar-refractivity contribution in [3.05, 3.63) is 33.8 Å². The lowest BCUT2D eigenvalue weighted by atomic mass is 10.2. The van der Waals surface area contributed by atoms with E-state index >= 15 is 0 Å². The van der Waals surface area contributed by atoms with E-state index in [1.165, 1.54) is 0 Å². The zero-order chi connectivity index (χ0) is 13.1. The van der Waals surface area contributed by atoms with E-state index in [2.05, 4.69) is 17.1 Å². The Kier molecular flexibility index (Phi) is 4.37.